The number of aromatic nitrogens is 3. The smallest absolute Gasteiger partial charge is 0.223 e. The summed E-state index contributed by atoms with van der Waals surface area (Å²) in [6, 6.07) is 0. The lowest BCUT2D eigenvalue weighted by Crippen LogP contribution is -1.95. The summed E-state index contributed by atoms with van der Waals surface area (Å²) in [5.41, 5.74) is 6.49. The molecule has 0 aliphatic carbocycles. The Morgan fingerprint density at radius 3 is 3.00 bits per heavy atom. The summed E-state index contributed by atoms with van der Waals surface area (Å²) < 4.78 is 0.526. The van der Waals surface area contributed by atoms with Crippen LogP contribution in [0.2, 0.25) is 0 Å². The third-order valence-corrected chi connectivity index (χ3v) is 2.24. The molecule has 0 bridgehead atoms. The van der Waals surface area contributed by atoms with Crippen molar-refractivity contribution >= 4 is 39.2 Å². The zero-order chi connectivity index (χ0) is 9.42. The number of fused-ring (bicyclic) bond motifs is 1. The quantitative estimate of drug-likeness (QED) is 0.578. The number of nitrogens with two attached hydrogens (primary N) is 1. The first-order valence-corrected chi connectivity index (χ1v) is 4.27. The van der Waals surface area contributed by atoms with Crippen LogP contribution in [0, 0.1) is 0 Å². The number of hydrogen-bond donors (Lipinski definition) is 2. The van der Waals surface area contributed by atoms with E-state index in [9.17, 15) is 4.79 Å². The van der Waals surface area contributed by atoms with Crippen molar-refractivity contribution < 1.29 is 4.79 Å². The average Bonchev–Trinajstić information content (AvgIpc) is 2.47. The minimum absolute atomic E-state index is 0.165. The lowest BCUT2D eigenvalue weighted by atomic mass is 10.3. The SMILES string of the molecule is Nc1nc(Br)c2c(C=O)c[nH]c2n1. The Balaban J connectivity index is 2.89. The minimum Gasteiger partial charge on any atom is -0.368 e. The molecule has 0 aliphatic rings. The molecule has 0 aliphatic heterocycles. The van der Waals surface area contributed by atoms with Crippen molar-refractivity contribution in [2.45, 2.75) is 0 Å². The number of anilines is 1. The summed E-state index contributed by atoms with van der Waals surface area (Å²) in [6.45, 7) is 0. The minimum atomic E-state index is 0.165. The highest BCUT2D eigenvalue weighted by molar-refractivity contribution is 9.10. The topological polar surface area (TPSA) is 84.7 Å². The zero-order valence-electron chi connectivity index (χ0n) is 6.41. The Kier molecular flexibility index (Phi) is 1.77. The molecule has 0 amide bonds. The largest absolute Gasteiger partial charge is 0.368 e. The molecule has 0 aromatic carbocycles. The van der Waals surface area contributed by atoms with Gasteiger partial charge >= 0.3 is 0 Å². The molecule has 6 heteroatoms. The van der Waals surface area contributed by atoms with E-state index in [2.05, 4.69) is 30.9 Å². The van der Waals surface area contributed by atoms with Gasteiger partial charge in [0.25, 0.3) is 0 Å². The molecular weight excluding hydrogens is 236 g/mol. The molecule has 0 spiro atoms. The lowest BCUT2D eigenvalue weighted by molar-refractivity contribution is 0.112. The average molecular weight is 241 g/mol. The number of carbonyl (C=O) groups excluding carboxylic acids is 1. The lowest BCUT2D eigenvalue weighted by Gasteiger charge is -1.95. The van der Waals surface area contributed by atoms with Crippen LogP contribution in [0.25, 0.3) is 11.0 Å². The number of aromatic amines is 1. The molecule has 5 nitrogen and oxygen atoms in total. The van der Waals surface area contributed by atoms with Crippen LogP contribution in [0.15, 0.2) is 10.8 Å². The van der Waals surface area contributed by atoms with E-state index < -0.39 is 0 Å². The molecule has 66 valence electrons. The van der Waals surface area contributed by atoms with Crippen molar-refractivity contribution in [3.8, 4) is 0 Å². The molecule has 2 rings (SSSR count). The van der Waals surface area contributed by atoms with Crippen molar-refractivity contribution in [1.29, 1.82) is 0 Å². The van der Waals surface area contributed by atoms with Crippen molar-refractivity contribution in [2.75, 3.05) is 5.73 Å². The molecule has 2 heterocycles. The Morgan fingerprint density at radius 2 is 2.31 bits per heavy atom. The van der Waals surface area contributed by atoms with Gasteiger partial charge in [0.05, 0.1) is 5.39 Å². The molecule has 0 unspecified atom stereocenters. The molecule has 0 saturated carbocycles. The van der Waals surface area contributed by atoms with Gasteiger partial charge in [0.15, 0.2) is 6.29 Å². The number of aldehydes is 1. The number of nitrogens with one attached hydrogen (secondary N) is 1. The van der Waals surface area contributed by atoms with E-state index in [0.29, 0.717) is 21.2 Å². The normalized spacial score (nSPS) is 10.5. The van der Waals surface area contributed by atoms with E-state index in [1.807, 2.05) is 0 Å². The molecule has 2 aromatic rings. The maximum absolute atomic E-state index is 10.6. The van der Waals surface area contributed by atoms with Crippen molar-refractivity contribution in [3.05, 3.63) is 16.4 Å². The van der Waals surface area contributed by atoms with E-state index in [1.165, 1.54) is 0 Å². The fourth-order valence-electron chi connectivity index (χ4n) is 1.12. The van der Waals surface area contributed by atoms with E-state index in [1.54, 1.807) is 6.20 Å². The number of hydrogen-bond acceptors (Lipinski definition) is 4. The molecule has 2 aromatic heterocycles. The third-order valence-electron chi connectivity index (χ3n) is 1.66. The van der Waals surface area contributed by atoms with Gasteiger partial charge in [0.2, 0.25) is 5.95 Å². The Bertz CT molecular complexity index is 479. The first-order valence-electron chi connectivity index (χ1n) is 3.47. The van der Waals surface area contributed by atoms with E-state index in [0.717, 1.165) is 6.29 Å². The molecule has 0 atom stereocenters. The molecule has 13 heavy (non-hydrogen) atoms. The van der Waals surface area contributed by atoms with Gasteiger partial charge in [-0.1, -0.05) is 0 Å². The fourth-order valence-corrected chi connectivity index (χ4v) is 1.72. The number of nitrogens with zero attached hydrogens (tertiary/aromatic N) is 2. The van der Waals surface area contributed by atoms with Crippen LogP contribution in [-0.4, -0.2) is 21.2 Å². The fraction of sp³-hybridized carbons (Fsp3) is 0. The first-order chi connectivity index (χ1) is 6.22. The number of carbonyl (C=O) groups is 1. The summed E-state index contributed by atoms with van der Waals surface area (Å²) in [7, 11) is 0. The summed E-state index contributed by atoms with van der Waals surface area (Å²) in [4.78, 5) is 21.2. The Morgan fingerprint density at radius 1 is 1.54 bits per heavy atom. The third kappa shape index (κ3) is 1.19. The monoisotopic (exact) mass is 240 g/mol. The highest BCUT2D eigenvalue weighted by Crippen LogP contribution is 2.23. The number of nitrogen functional groups attached to an aromatic ring is 1. The van der Waals surface area contributed by atoms with Gasteiger partial charge in [0.1, 0.15) is 10.3 Å². The second-order valence-electron chi connectivity index (χ2n) is 2.46. The second kappa shape index (κ2) is 2.81. The van der Waals surface area contributed by atoms with Gasteiger partial charge in [0, 0.05) is 11.8 Å². The molecule has 0 saturated heterocycles. The standard InChI is InChI=1S/C7H5BrN4O/c8-5-4-3(2-13)1-10-6(4)12-7(9)11-5/h1-2H,(H3,9,10,11,12). The van der Waals surface area contributed by atoms with Crippen LogP contribution in [0.4, 0.5) is 5.95 Å². The van der Waals surface area contributed by atoms with Crippen molar-refractivity contribution in [1.82, 2.24) is 15.0 Å². The molecule has 0 fully saturated rings. The maximum atomic E-state index is 10.6. The van der Waals surface area contributed by atoms with Gasteiger partial charge in [-0.15, -0.1) is 0 Å². The van der Waals surface area contributed by atoms with Crippen LogP contribution in [0.5, 0.6) is 0 Å². The van der Waals surface area contributed by atoms with Gasteiger partial charge in [-0.3, -0.25) is 4.79 Å². The number of halogens is 1. The summed E-state index contributed by atoms with van der Waals surface area (Å²) in [5.74, 6) is 0.165. The van der Waals surface area contributed by atoms with Gasteiger partial charge in [-0.25, -0.2) is 4.98 Å². The molecular formula is C7H5BrN4O. The van der Waals surface area contributed by atoms with Crippen LogP contribution >= 0.6 is 15.9 Å². The predicted octanol–water partition coefficient (Wildman–Crippen LogP) is 1.12. The first kappa shape index (κ1) is 8.18. The molecule has 3 N–H and O–H groups in total. The zero-order valence-corrected chi connectivity index (χ0v) is 8.00. The van der Waals surface area contributed by atoms with Gasteiger partial charge < -0.3 is 10.7 Å². The second-order valence-corrected chi connectivity index (χ2v) is 3.21. The summed E-state index contributed by atoms with van der Waals surface area (Å²) in [5, 5.41) is 0.657. The number of H-pyrrole nitrogens is 1. The van der Waals surface area contributed by atoms with E-state index in [-0.39, 0.29) is 5.95 Å². The van der Waals surface area contributed by atoms with Crippen LogP contribution in [0.3, 0.4) is 0 Å². The van der Waals surface area contributed by atoms with Crippen molar-refractivity contribution in [2.24, 2.45) is 0 Å². The van der Waals surface area contributed by atoms with Crippen LogP contribution in [-0.2, 0) is 0 Å². The van der Waals surface area contributed by atoms with E-state index in [4.69, 9.17) is 5.73 Å². The Hall–Kier alpha value is -1.43. The van der Waals surface area contributed by atoms with Gasteiger partial charge in [-0.05, 0) is 15.9 Å². The van der Waals surface area contributed by atoms with Crippen LogP contribution < -0.4 is 5.73 Å². The summed E-state index contributed by atoms with van der Waals surface area (Å²) >= 11 is 3.21. The highest BCUT2D eigenvalue weighted by atomic mass is 79.9. The van der Waals surface area contributed by atoms with Gasteiger partial charge in [-0.2, -0.15) is 4.98 Å². The molecule has 0 radical (unpaired) electrons. The highest BCUT2D eigenvalue weighted by Gasteiger charge is 2.09. The Labute approximate surface area is 81.5 Å². The summed E-state index contributed by atoms with van der Waals surface area (Å²) in [6.07, 6.45) is 2.31. The maximum Gasteiger partial charge on any atom is 0.223 e. The van der Waals surface area contributed by atoms with Crippen molar-refractivity contribution in [3.63, 3.8) is 0 Å². The number of rotatable bonds is 1. The predicted molar refractivity (Wildman–Crippen MR) is 51.4 cm³/mol. The van der Waals surface area contributed by atoms with E-state index >= 15 is 0 Å². The van der Waals surface area contributed by atoms with Crippen LogP contribution in [0.1, 0.15) is 10.4 Å².